The number of carbonyl (C=O) groups is 3. The highest BCUT2D eigenvalue weighted by atomic mass is 32.1. The second-order valence-corrected chi connectivity index (χ2v) is 17.1. The number of nitrogens with zero attached hydrogens (tertiary/aromatic N) is 2. The number of hydrogen-bond donors (Lipinski definition) is 3. The van der Waals surface area contributed by atoms with Crippen LogP contribution in [0.3, 0.4) is 0 Å². The average Bonchev–Trinajstić information content (AvgIpc) is 3.52. The van der Waals surface area contributed by atoms with E-state index in [1.807, 2.05) is 30.3 Å². The molecule has 3 N–H and O–H groups in total. The van der Waals surface area contributed by atoms with Crippen LogP contribution in [0.4, 0.5) is 13.2 Å². The Morgan fingerprint density at radius 2 is 1.71 bits per heavy atom. The highest BCUT2D eigenvalue weighted by Crippen LogP contribution is 2.59. The summed E-state index contributed by atoms with van der Waals surface area (Å²) >= 11 is 0.986. The van der Waals surface area contributed by atoms with E-state index in [2.05, 4.69) is 5.32 Å². The zero-order valence-corrected chi connectivity index (χ0v) is 30.0. The molecule has 0 spiro atoms. The Hall–Kier alpha value is -4.03. The normalized spacial score (nSPS) is 19.1. The van der Waals surface area contributed by atoms with E-state index in [4.69, 9.17) is 0 Å². The van der Waals surface area contributed by atoms with Gasteiger partial charge in [0.2, 0.25) is 11.8 Å². The van der Waals surface area contributed by atoms with Gasteiger partial charge >= 0.3 is 13.3 Å². The van der Waals surface area contributed by atoms with Crippen molar-refractivity contribution in [3.63, 3.8) is 0 Å². The lowest BCUT2D eigenvalue weighted by Crippen LogP contribution is -2.61. The smallest absolute Gasteiger partial charge is 0.340 e. The molecule has 1 aromatic heterocycles. The molecule has 2 aliphatic heterocycles. The van der Waals surface area contributed by atoms with E-state index in [0.717, 1.165) is 53.0 Å². The predicted molar refractivity (Wildman–Crippen MR) is 188 cm³/mol. The van der Waals surface area contributed by atoms with Crippen LogP contribution in [0.25, 0.3) is 10.1 Å². The Balaban J connectivity index is 1.27. The number of nitrogens with one attached hydrogen (secondary N) is 1. The number of piperidine rings is 1. The summed E-state index contributed by atoms with van der Waals surface area (Å²) < 4.78 is 54.8. The van der Waals surface area contributed by atoms with Gasteiger partial charge in [-0.1, -0.05) is 63.2 Å². The maximum atomic E-state index is 14.6. The van der Waals surface area contributed by atoms with Crippen molar-refractivity contribution in [1.29, 1.82) is 0 Å². The molecular weight excluding hydrogens is 702 g/mol. The molecule has 0 saturated carbocycles. The molecule has 1 saturated heterocycles. The third-order valence-electron chi connectivity index (χ3n) is 9.71. The number of benzene rings is 3. The van der Waals surface area contributed by atoms with E-state index in [0.29, 0.717) is 17.8 Å². The summed E-state index contributed by atoms with van der Waals surface area (Å²) in [6, 6.07) is 16.5. The van der Waals surface area contributed by atoms with Crippen molar-refractivity contribution >= 4 is 46.7 Å². The Labute approximate surface area is 297 Å². The molecule has 3 amide bonds. The minimum atomic E-state index is -5.80. The van der Waals surface area contributed by atoms with Crippen LogP contribution in [-0.4, -0.2) is 62.5 Å². The first-order valence-electron chi connectivity index (χ1n) is 16.6. The summed E-state index contributed by atoms with van der Waals surface area (Å²) in [4.78, 5) is 64.4. The number of halogens is 3. The molecular formula is C37H39F3N3O6PS. The van der Waals surface area contributed by atoms with Crippen LogP contribution in [0, 0.1) is 11.2 Å². The molecule has 0 aliphatic carbocycles. The molecule has 51 heavy (non-hydrogen) atoms. The fourth-order valence-corrected chi connectivity index (χ4v) is 8.34. The van der Waals surface area contributed by atoms with Crippen molar-refractivity contribution in [2.75, 3.05) is 13.1 Å². The number of carbonyl (C=O) groups excluding carboxylic acids is 3. The van der Waals surface area contributed by atoms with Crippen LogP contribution >= 0.6 is 18.9 Å². The number of alkyl halides is 2. The van der Waals surface area contributed by atoms with Crippen LogP contribution in [0.5, 0.6) is 0 Å². The van der Waals surface area contributed by atoms with E-state index < -0.39 is 48.1 Å². The molecule has 1 unspecified atom stereocenters. The molecule has 2 aliphatic rings. The minimum absolute atomic E-state index is 0.0551. The number of thiophene rings is 1. The van der Waals surface area contributed by atoms with Crippen molar-refractivity contribution in [1.82, 2.24) is 15.1 Å². The Morgan fingerprint density at radius 3 is 2.39 bits per heavy atom. The van der Waals surface area contributed by atoms with Crippen molar-refractivity contribution in [3.05, 3.63) is 106 Å². The van der Waals surface area contributed by atoms with Gasteiger partial charge in [-0.15, -0.1) is 11.3 Å². The lowest BCUT2D eigenvalue weighted by atomic mass is 9.84. The lowest BCUT2D eigenvalue weighted by Gasteiger charge is -2.43. The van der Waals surface area contributed by atoms with Gasteiger partial charge in [0.05, 0.1) is 4.88 Å². The molecule has 270 valence electrons. The summed E-state index contributed by atoms with van der Waals surface area (Å²) in [6.07, 6.45) is 1.80. The molecule has 3 heterocycles. The van der Waals surface area contributed by atoms with Crippen LogP contribution < -0.4 is 5.32 Å². The maximum absolute atomic E-state index is 14.6. The molecule has 1 fully saturated rings. The molecule has 6 rings (SSSR count). The SMILES string of the molecule is CC(C)(C)[C@H](NC(=O)c1cc2cc(C(F)(F)P(=O)(O)O)ccc2s1)C(=O)N1Cc2ccccc2C[C@H]1C(=O)N1CCCC(c2cccc(F)c2)C1. The molecule has 4 aromatic rings. The van der Waals surface area contributed by atoms with Crippen LogP contribution in [0.15, 0.2) is 72.8 Å². The standard InChI is InChI=1S/C37H39F3N3O6PS/c1-36(2,3)32(41-33(44)31-19-26-16-27(13-14-30(26)51-31)37(39,40)50(47,48)49)35(46)43-21-25-9-5-4-8-23(25)18-29(43)34(45)42-15-7-11-24(20-42)22-10-6-12-28(38)17-22/h4-6,8-10,12-14,16-17,19,24,29,32H,7,11,15,18,20-21H2,1-3H3,(H,41,44)(H2,47,48,49)/t24?,29-,32+/m0/s1. The number of hydrogen-bond acceptors (Lipinski definition) is 5. The van der Waals surface area contributed by atoms with Crippen molar-refractivity contribution in [2.45, 2.75) is 70.2 Å². The third kappa shape index (κ3) is 7.48. The van der Waals surface area contributed by atoms with E-state index in [-0.39, 0.29) is 40.9 Å². The van der Waals surface area contributed by atoms with E-state index >= 15 is 0 Å². The first kappa shape index (κ1) is 36.8. The second-order valence-electron chi connectivity index (χ2n) is 14.4. The maximum Gasteiger partial charge on any atom is 0.399 e. The average molecular weight is 742 g/mol. The third-order valence-corrected chi connectivity index (χ3v) is 11.8. The van der Waals surface area contributed by atoms with Gasteiger partial charge in [0.25, 0.3) is 5.91 Å². The topological polar surface area (TPSA) is 127 Å². The van der Waals surface area contributed by atoms with E-state index in [1.165, 1.54) is 29.2 Å². The quantitative estimate of drug-likeness (QED) is 0.180. The first-order valence-corrected chi connectivity index (χ1v) is 19.1. The van der Waals surface area contributed by atoms with Gasteiger partial charge in [-0.25, -0.2) is 4.39 Å². The van der Waals surface area contributed by atoms with Crippen molar-refractivity contribution in [2.24, 2.45) is 5.41 Å². The highest BCUT2D eigenvalue weighted by Gasteiger charge is 2.50. The van der Waals surface area contributed by atoms with E-state index in [1.54, 1.807) is 31.7 Å². The zero-order valence-electron chi connectivity index (χ0n) is 28.3. The van der Waals surface area contributed by atoms with Gasteiger partial charge in [-0.05, 0) is 70.7 Å². The van der Waals surface area contributed by atoms with Crippen molar-refractivity contribution < 1.29 is 41.9 Å². The minimum Gasteiger partial charge on any atom is -0.340 e. The largest absolute Gasteiger partial charge is 0.399 e. The fourth-order valence-electron chi connectivity index (χ4n) is 6.92. The van der Waals surface area contributed by atoms with Gasteiger partial charge in [0.15, 0.2) is 0 Å². The predicted octanol–water partition coefficient (Wildman–Crippen LogP) is 6.77. The fraction of sp³-hybridized carbons (Fsp3) is 0.378. The molecule has 14 heteroatoms. The Bertz CT molecular complexity index is 2040. The monoisotopic (exact) mass is 741 g/mol. The van der Waals surface area contributed by atoms with Gasteiger partial charge < -0.3 is 24.9 Å². The molecule has 0 radical (unpaired) electrons. The highest BCUT2D eigenvalue weighted by molar-refractivity contribution is 7.52. The Morgan fingerprint density at radius 1 is 0.980 bits per heavy atom. The molecule has 9 nitrogen and oxygen atoms in total. The second kappa shape index (κ2) is 13.8. The lowest BCUT2D eigenvalue weighted by molar-refractivity contribution is -0.150. The van der Waals surface area contributed by atoms with Crippen LogP contribution in [-0.2, 0) is 32.8 Å². The van der Waals surface area contributed by atoms with E-state index in [9.17, 15) is 41.9 Å². The molecule has 3 atom stereocenters. The number of likely N-dealkylation sites (tertiary alicyclic amines) is 1. The Kier molecular flexibility index (Phi) is 9.97. The number of rotatable bonds is 7. The summed E-state index contributed by atoms with van der Waals surface area (Å²) in [5.74, 6) is -1.70. The summed E-state index contributed by atoms with van der Waals surface area (Å²) in [7, 11) is -5.80. The summed E-state index contributed by atoms with van der Waals surface area (Å²) in [5, 5.41) is 3.03. The summed E-state index contributed by atoms with van der Waals surface area (Å²) in [5.41, 5.74) is -3.46. The van der Waals surface area contributed by atoms with Crippen molar-refractivity contribution in [3.8, 4) is 0 Å². The van der Waals surface area contributed by atoms with Gasteiger partial charge in [0.1, 0.15) is 17.9 Å². The van der Waals surface area contributed by atoms with Gasteiger partial charge in [-0.2, -0.15) is 8.78 Å². The summed E-state index contributed by atoms with van der Waals surface area (Å²) in [6.45, 7) is 6.41. The first-order chi connectivity index (χ1) is 23.9. The molecule has 3 aromatic carbocycles. The number of fused-ring (bicyclic) bond motifs is 2. The van der Waals surface area contributed by atoms with Crippen LogP contribution in [0.1, 0.15) is 71.5 Å². The zero-order chi connectivity index (χ0) is 36.9. The van der Waals surface area contributed by atoms with Gasteiger partial charge in [0, 0.05) is 42.2 Å². The molecule has 0 bridgehead atoms. The van der Waals surface area contributed by atoms with Crippen LogP contribution in [0.2, 0.25) is 0 Å². The number of amides is 3. The van der Waals surface area contributed by atoms with Gasteiger partial charge in [-0.3, -0.25) is 18.9 Å².